The minimum Gasteiger partial charge on any atom is -0.493 e. The molecule has 1 aliphatic rings. The first-order chi connectivity index (χ1) is 15.0. The van der Waals surface area contributed by atoms with Crippen molar-refractivity contribution in [3.63, 3.8) is 0 Å². The summed E-state index contributed by atoms with van der Waals surface area (Å²) in [5, 5.41) is 9.24. The molecule has 0 unspecified atom stereocenters. The van der Waals surface area contributed by atoms with Crippen molar-refractivity contribution in [2.75, 3.05) is 21.3 Å². The van der Waals surface area contributed by atoms with Crippen molar-refractivity contribution in [2.24, 2.45) is 0 Å². The Morgan fingerprint density at radius 1 is 0.839 bits per heavy atom. The first-order valence-corrected chi connectivity index (χ1v) is 10.5. The number of nitrogens with zero attached hydrogens (tertiary/aromatic N) is 2. The van der Waals surface area contributed by atoms with Crippen molar-refractivity contribution in [1.82, 2.24) is 10.2 Å². The van der Waals surface area contributed by atoms with E-state index in [2.05, 4.69) is 36.2 Å². The molecule has 0 aliphatic heterocycles. The normalized spacial score (nSPS) is 13.6. The van der Waals surface area contributed by atoms with E-state index in [1.165, 1.54) is 16.7 Å². The maximum atomic E-state index is 6.86. The first-order valence-electron chi connectivity index (χ1n) is 10.1. The molecule has 0 saturated carbocycles. The van der Waals surface area contributed by atoms with Crippen LogP contribution in [0.5, 0.6) is 17.2 Å². The summed E-state index contributed by atoms with van der Waals surface area (Å²) in [6.45, 7) is 4.22. The Balaban J connectivity index is 1.77. The van der Waals surface area contributed by atoms with Gasteiger partial charge in [-0.2, -0.15) is 0 Å². The lowest BCUT2D eigenvalue weighted by Gasteiger charge is -2.12. The van der Waals surface area contributed by atoms with Crippen LogP contribution >= 0.6 is 11.6 Å². The number of ether oxygens (including phenoxy) is 3. The molecule has 1 heterocycles. The molecule has 6 nitrogen and oxygen atoms in total. The molecule has 0 N–H and O–H groups in total. The molecule has 4 rings (SSSR count). The molecule has 1 aromatic heterocycles. The van der Waals surface area contributed by atoms with Crippen LogP contribution in [-0.4, -0.2) is 31.5 Å². The van der Waals surface area contributed by atoms with Crippen molar-refractivity contribution in [1.29, 1.82) is 0 Å². The molecule has 31 heavy (non-hydrogen) atoms. The number of rotatable bonds is 5. The van der Waals surface area contributed by atoms with Gasteiger partial charge in [-0.25, -0.2) is 0 Å². The lowest BCUT2D eigenvalue weighted by atomic mass is 9.98. The van der Waals surface area contributed by atoms with Crippen molar-refractivity contribution in [3.05, 3.63) is 52.4 Å². The Morgan fingerprint density at radius 3 is 2.13 bits per heavy atom. The Bertz CT molecular complexity index is 1140. The van der Waals surface area contributed by atoms with Gasteiger partial charge in [-0.05, 0) is 73.6 Å². The zero-order valence-corrected chi connectivity index (χ0v) is 19.1. The molecule has 0 amide bonds. The summed E-state index contributed by atoms with van der Waals surface area (Å²) in [6, 6.07) is 7.94. The molecule has 3 aromatic rings. The smallest absolute Gasteiger partial charge is 0.248 e. The Kier molecular flexibility index (Phi) is 5.92. The molecule has 162 valence electrons. The van der Waals surface area contributed by atoms with Gasteiger partial charge in [-0.1, -0.05) is 17.7 Å². The highest BCUT2D eigenvalue weighted by Gasteiger charge is 2.23. The van der Waals surface area contributed by atoms with Gasteiger partial charge in [-0.3, -0.25) is 0 Å². The molecule has 0 radical (unpaired) electrons. The zero-order chi connectivity index (χ0) is 22.1. The Morgan fingerprint density at radius 2 is 1.48 bits per heavy atom. The maximum absolute atomic E-state index is 6.86. The van der Waals surface area contributed by atoms with E-state index < -0.39 is 0 Å². The monoisotopic (exact) mass is 440 g/mol. The van der Waals surface area contributed by atoms with Crippen LogP contribution in [0.4, 0.5) is 0 Å². The van der Waals surface area contributed by atoms with Crippen molar-refractivity contribution >= 4 is 22.2 Å². The van der Waals surface area contributed by atoms with E-state index in [0.29, 0.717) is 39.6 Å². The number of aromatic nitrogens is 2. The summed E-state index contributed by atoms with van der Waals surface area (Å²) in [6.07, 6.45) is 2.69. The van der Waals surface area contributed by atoms with Gasteiger partial charge in [0.2, 0.25) is 17.5 Å². The number of hydrogen-bond acceptors (Lipinski definition) is 6. The topological polar surface area (TPSA) is 66.6 Å². The predicted molar refractivity (Wildman–Crippen MR) is 121 cm³/mol. The van der Waals surface area contributed by atoms with E-state index in [1.54, 1.807) is 33.5 Å². The third-order valence-corrected chi connectivity index (χ3v) is 6.12. The SMILES string of the molecule is COc1cc(-c2nnc(C3=C(Cl)c4cc(C)c(C)cc4CCC3)o2)cc(OC)c1OC. The van der Waals surface area contributed by atoms with E-state index >= 15 is 0 Å². The largest absolute Gasteiger partial charge is 0.493 e. The number of aryl methyl sites for hydroxylation is 3. The summed E-state index contributed by atoms with van der Waals surface area (Å²) < 4.78 is 22.3. The third-order valence-electron chi connectivity index (χ3n) is 5.69. The fraction of sp³-hybridized carbons (Fsp3) is 0.333. The molecule has 1 aliphatic carbocycles. The quantitative estimate of drug-likeness (QED) is 0.497. The lowest BCUT2D eigenvalue weighted by Crippen LogP contribution is -1.95. The second kappa shape index (κ2) is 8.63. The summed E-state index contributed by atoms with van der Waals surface area (Å²) >= 11 is 6.86. The molecule has 0 spiro atoms. The number of allylic oxidation sites excluding steroid dienone is 1. The van der Waals surface area contributed by atoms with Crippen molar-refractivity contribution in [3.8, 4) is 28.7 Å². The van der Waals surface area contributed by atoms with E-state index in [0.717, 1.165) is 30.4 Å². The van der Waals surface area contributed by atoms with Crippen LogP contribution in [0.3, 0.4) is 0 Å². The van der Waals surface area contributed by atoms with Gasteiger partial charge in [0, 0.05) is 11.1 Å². The highest BCUT2D eigenvalue weighted by atomic mass is 35.5. The number of benzene rings is 2. The van der Waals surface area contributed by atoms with Crippen LogP contribution in [-0.2, 0) is 6.42 Å². The number of halogens is 1. The second-order valence-electron chi connectivity index (χ2n) is 7.57. The molecule has 0 saturated heterocycles. The van der Waals surface area contributed by atoms with Crippen LogP contribution in [0.15, 0.2) is 28.7 Å². The second-order valence-corrected chi connectivity index (χ2v) is 7.94. The highest BCUT2D eigenvalue weighted by molar-refractivity contribution is 6.52. The number of methoxy groups -OCH3 is 3. The van der Waals surface area contributed by atoms with Gasteiger partial charge in [0.05, 0.1) is 26.4 Å². The lowest BCUT2D eigenvalue weighted by molar-refractivity contribution is 0.324. The minimum atomic E-state index is 0.357. The summed E-state index contributed by atoms with van der Waals surface area (Å²) in [7, 11) is 4.70. The summed E-state index contributed by atoms with van der Waals surface area (Å²) in [5.41, 5.74) is 6.33. The van der Waals surface area contributed by atoms with Crippen LogP contribution in [0.1, 0.15) is 41.0 Å². The van der Waals surface area contributed by atoms with Gasteiger partial charge in [0.25, 0.3) is 0 Å². The van der Waals surface area contributed by atoms with Gasteiger partial charge >= 0.3 is 0 Å². The zero-order valence-electron chi connectivity index (χ0n) is 18.3. The average Bonchev–Trinajstić information content (AvgIpc) is 3.21. The number of hydrogen-bond donors (Lipinski definition) is 0. The third kappa shape index (κ3) is 3.88. The standard InChI is InChI=1S/C24H25ClN2O4/c1-13-9-15-7-6-8-17(21(25)18(15)10-14(13)2)24-27-26-23(31-24)16-11-19(28-3)22(30-5)20(12-16)29-4/h9-12H,6-8H2,1-5H3. The number of fused-ring (bicyclic) bond motifs is 1. The van der Waals surface area contributed by atoms with Gasteiger partial charge in [0.15, 0.2) is 11.5 Å². The molecule has 0 bridgehead atoms. The maximum Gasteiger partial charge on any atom is 0.248 e. The fourth-order valence-corrected chi connectivity index (χ4v) is 4.23. The molecular formula is C24H25ClN2O4. The predicted octanol–water partition coefficient (Wildman–Crippen LogP) is 5.82. The van der Waals surface area contributed by atoms with Crippen molar-refractivity contribution < 1.29 is 18.6 Å². The Labute approximate surface area is 186 Å². The van der Waals surface area contributed by atoms with Crippen LogP contribution in [0, 0.1) is 13.8 Å². The molecule has 7 heteroatoms. The van der Waals surface area contributed by atoms with E-state index in [9.17, 15) is 0 Å². The first kappa shape index (κ1) is 21.2. The highest BCUT2D eigenvalue weighted by Crippen LogP contribution is 2.42. The van der Waals surface area contributed by atoms with E-state index in [-0.39, 0.29) is 0 Å². The van der Waals surface area contributed by atoms with Gasteiger partial charge in [0.1, 0.15) is 0 Å². The van der Waals surface area contributed by atoms with Gasteiger partial charge < -0.3 is 18.6 Å². The minimum absolute atomic E-state index is 0.357. The average molecular weight is 441 g/mol. The van der Waals surface area contributed by atoms with Crippen LogP contribution in [0.2, 0.25) is 0 Å². The Hall–Kier alpha value is -2.99. The molecule has 0 fully saturated rings. The molecule has 0 atom stereocenters. The van der Waals surface area contributed by atoms with Gasteiger partial charge in [-0.15, -0.1) is 10.2 Å². The molecular weight excluding hydrogens is 416 g/mol. The van der Waals surface area contributed by atoms with Crippen LogP contribution in [0.25, 0.3) is 22.1 Å². The summed E-state index contributed by atoms with van der Waals surface area (Å²) in [4.78, 5) is 0. The van der Waals surface area contributed by atoms with E-state index in [1.807, 2.05) is 0 Å². The van der Waals surface area contributed by atoms with E-state index in [4.69, 9.17) is 30.2 Å². The van der Waals surface area contributed by atoms with Crippen molar-refractivity contribution in [2.45, 2.75) is 33.1 Å². The van der Waals surface area contributed by atoms with Crippen LogP contribution < -0.4 is 14.2 Å². The summed E-state index contributed by atoms with van der Waals surface area (Å²) in [5.74, 6) is 2.33. The fourth-order valence-electron chi connectivity index (χ4n) is 3.88. The molecule has 2 aromatic carbocycles.